The van der Waals surface area contributed by atoms with Gasteiger partial charge in [0, 0.05) is 0 Å². The molecule has 0 radical (unpaired) electrons. The van der Waals surface area contributed by atoms with Crippen molar-refractivity contribution in [3.8, 4) is 0 Å². The molecule has 0 fully saturated rings. The Hall–Kier alpha value is 0.870. The van der Waals surface area contributed by atoms with Crippen LogP contribution in [0.1, 0.15) is 0 Å². The summed E-state index contributed by atoms with van der Waals surface area (Å²) in [5, 5.41) is 8.25. The molecule has 0 saturated carbocycles. The minimum atomic E-state index is -3.67. The number of hydrogen-bond acceptors (Lipinski definition) is 3. The van der Waals surface area contributed by atoms with E-state index in [0.29, 0.717) is 6.26 Å². The molecule has 0 aliphatic rings. The minimum Gasteiger partial charge on any atom is -0.857 e. The Labute approximate surface area is 70.9 Å². The van der Waals surface area contributed by atoms with Crippen LogP contribution in [0.15, 0.2) is 0 Å². The normalized spacial score (nSPS) is 8.00. The Balaban J connectivity index is -0.0000000750. The van der Waals surface area contributed by atoms with Crippen LogP contribution in [0.2, 0.25) is 0 Å². The molecule has 0 spiro atoms. The van der Waals surface area contributed by atoms with Gasteiger partial charge in [-0.05, 0) is 0 Å². The maximum Gasteiger partial charge on any atom is 1.00 e. The summed E-state index contributed by atoms with van der Waals surface area (Å²) >= 11 is 0. The van der Waals surface area contributed by atoms with Crippen molar-refractivity contribution < 1.29 is 47.6 Å². The number of rotatable bonds is 0. The third-order valence-corrected chi connectivity index (χ3v) is 0. The summed E-state index contributed by atoms with van der Waals surface area (Å²) in [6.07, 6.45) is 0.715. The Bertz CT molecular complexity index is 97.2. The summed E-state index contributed by atoms with van der Waals surface area (Å²) in [7, 11) is -2.92. The molecule has 0 aromatic rings. The maximum atomic E-state index is 9.19. The van der Waals surface area contributed by atoms with E-state index in [9.17, 15) is 8.42 Å². The predicted octanol–water partition coefficient (Wildman–Crippen LogP) is -4.52. The molecule has 0 aliphatic carbocycles. The van der Waals surface area contributed by atoms with E-state index in [-0.39, 0.29) is 29.6 Å². The first-order valence-electron chi connectivity index (χ1n) is 1.33. The Morgan fingerprint density at radius 1 is 1.38 bits per heavy atom. The molecule has 4 nitrogen and oxygen atoms in total. The van der Waals surface area contributed by atoms with Crippen molar-refractivity contribution in [2.75, 3.05) is 13.4 Å². The largest absolute Gasteiger partial charge is 1.00 e. The van der Waals surface area contributed by atoms with Gasteiger partial charge in [0.2, 0.25) is 0 Å². The molecule has 46 valence electrons. The van der Waals surface area contributed by atoms with E-state index < -0.39 is 10.1 Å². The van der Waals surface area contributed by atoms with E-state index in [2.05, 4.69) is 0 Å². The maximum absolute atomic E-state index is 9.19. The number of hydrogen-bond donors (Lipinski definition) is 1. The molecular formula is C2H7NaO4S. The second-order valence-electron chi connectivity index (χ2n) is 0.733. The Kier molecular flexibility index (Phi) is 15.7. The topological polar surface area (TPSA) is 77.4 Å². The van der Waals surface area contributed by atoms with Crippen molar-refractivity contribution in [2.24, 2.45) is 0 Å². The van der Waals surface area contributed by atoms with Crippen molar-refractivity contribution in [3.63, 3.8) is 0 Å². The van der Waals surface area contributed by atoms with E-state index >= 15 is 0 Å². The summed E-state index contributed by atoms with van der Waals surface area (Å²) in [6, 6.07) is 0. The van der Waals surface area contributed by atoms with Gasteiger partial charge in [-0.2, -0.15) is 15.5 Å². The molecule has 0 aromatic heterocycles. The van der Waals surface area contributed by atoms with Crippen LogP contribution < -0.4 is 34.7 Å². The van der Waals surface area contributed by atoms with E-state index in [4.69, 9.17) is 9.66 Å². The molecule has 0 aliphatic heterocycles. The van der Waals surface area contributed by atoms with E-state index in [1.54, 1.807) is 0 Å². The van der Waals surface area contributed by atoms with Gasteiger partial charge in [-0.25, -0.2) is 0 Å². The van der Waals surface area contributed by atoms with Crippen molar-refractivity contribution in [1.82, 2.24) is 0 Å². The first-order chi connectivity index (χ1) is 3.00. The van der Waals surface area contributed by atoms with Gasteiger partial charge in [-0.15, -0.1) is 0 Å². The fourth-order valence-corrected chi connectivity index (χ4v) is 0. The van der Waals surface area contributed by atoms with Gasteiger partial charge in [0.25, 0.3) is 10.1 Å². The second kappa shape index (κ2) is 7.87. The van der Waals surface area contributed by atoms with Crippen LogP contribution in [0.3, 0.4) is 0 Å². The van der Waals surface area contributed by atoms with Crippen LogP contribution in [0.5, 0.6) is 0 Å². The molecule has 0 amide bonds. The van der Waals surface area contributed by atoms with Crippen molar-refractivity contribution >= 4 is 10.1 Å². The summed E-state index contributed by atoms with van der Waals surface area (Å²) in [6.45, 7) is 0. The third-order valence-electron chi connectivity index (χ3n) is 0. The van der Waals surface area contributed by atoms with Crippen LogP contribution in [0.4, 0.5) is 0 Å². The smallest absolute Gasteiger partial charge is 0.857 e. The molecule has 8 heavy (non-hydrogen) atoms. The summed E-state index contributed by atoms with van der Waals surface area (Å²) in [5.41, 5.74) is 0. The zero-order chi connectivity index (χ0) is 6.50. The SMILES string of the molecule is CS(=O)(=O)O.C[O-].[Na+]. The van der Waals surface area contributed by atoms with Gasteiger partial charge < -0.3 is 5.11 Å². The molecule has 1 N–H and O–H groups in total. The average molecular weight is 150 g/mol. The van der Waals surface area contributed by atoms with Crippen LogP contribution >= 0.6 is 0 Å². The molecule has 0 atom stereocenters. The molecule has 0 aromatic carbocycles. The molecule has 6 heteroatoms. The molecule has 0 saturated heterocycles. The summed E-state index contributed by atoms with van der Waals surface area (Å²) in [4.78, 5) is 0. The minimum absolute atomic E-state index is 0. The van der Waals surface area contributed by atoms with Crippen LogP contribution in [0.25, 0.3) is 0 Å². The quantitative estimate of drug-likeness (QED) is 0.279. The van der Waals surface area contributed by atoms with Crippen molar-refractivity contribution in [3.05, 3.63) is 0 Å². The first kappa shape index (κ1) is 15.9. The Morgan fingerprint density at radius 3 is 1.38 bits per heavy atom. The van der Waals surface area contributed by atoms with Crippen LogP contribution in [-0.2, 0) is 10.1 Å². The van der Waals surface area contributed by atoms with Gasteiger partial charge in [-0.3, -0.25) is 4.55 Å². The van der Waals surface area contributed by atoms with Gasteiger partial charge in [-0.1, -0.05) is 0 Å². The van der Waals surface area contributed by atoms with Crippen molar-refractivity contribution in [2.45, 2.75) is 0 Å². The zero-order valence-corrected chi connectivity index (χ0v) is 7.90. The van der Waals surface area contributed by atoms with Gasteiger partial charge in [0.1, 0.15) is 0 Å². The van der Waals surface area contributed by atoms with Crippen LogP contribution in [-0.4, -0.2) is 26.3 Å². The standard InChI is InChI=1S/CH4O3S.CH3O.Na/c1-5(2,3)4;1-2;/h1H3,(H,2,3,4);1H3;/q;-1;+1. The molecule has 0 unspecified atom stereocenters. The van der Waals surface area contributed by atoms with Gasteiger partial charge >= 0.3 is 29.6 Å². The summed E-state index contributed by atoms with van der Waals surface area (Å²) < 4.78 is 25.9. The van der Waals surface area contributed by atoms with Crippen LogP contribution in [0, 0.1) is 0 Å². The third kappa shape index (κ3) is 313. The molecule has 0 bridgehead atoms. The fraction of sp³-hybridized carbons (Fsp3) is 1.00. The van der Waals surface area contributed by atoms with E-state index in [0.717, 1.165) is 7.11 Å². The van der Waals surface area contributed by atoms with Gasteiger partial charge in [0.05, 0.1) is 6.26 Å². The molecular weight excluding hydrogens is 143 g/mol. The van der Waals surface area contributed by atoms with Gasteiger partial charge in [0.15, 0.2) is 0 Å². The summed E-state index contributed by atoms with van der Waals surface area (Å²) in [5.74, 6) is 0. The second-order valence-corrected chi connectivity index (χ2v) is 2.20. The monoisotopic (exact) mass is 150 g/mol. The predicted molar refractivity (Wildman–Crippen MR) is 23.4 cm³/mol. The average Bonchev–Trinajstić information content (AvgIpc) is 1.36. The Morgan fingerprint density at radius 2 is 1.38 bits per heavy atom. The van der Waals surface area contributed by atoms with E-state index in [1.807, 2.05) is 0 Å². The van der Waals surface area contributed by atoms with E-state index in [1.165, 1.54) is 0 Å². The molecule has 0 rings (SSSR count). The van der Waals surface area contributed by atoms with Crippen molar-refractivity contribution in [1.29, 1.82) is 0 Å². The first-order valence-corrected chi connectivity index (χ1v) is 3.18. The molecule has 0 heterocycles. The zero-order valence-electron chi connectivity index (χ0n) is 5.08. The fourth-order valence-electron chi connectivity index (χ4n) is 0.